The van der Waals surface area contributed by atoms with E-state index in [1.807, 2.05) is 0 Å². The molecular weight excluding hydrogens is 279 g/mol. The molecular formula is C11H12BrFO3. The van der Waals surface area contributed by atoms with Crippen LogP contribution in [0.1, 0.15) is 19.8 Å². The van der Waals surface area contributed by atoms with E-state index in [1.165, 1.54) is 12.1 Å². The van der Waals surface area contributed by atoms with Gasteiger partial charge in [-0.2, -0.15) is 0 Å². The highest BCUT2D eigenvalue weighted by Gasteiger charge is 2.10. The van der Waals surface area contributed by atoms with Crippen molar-refractivity contribution in [1.29, 1.82) is 0 Å². The highest BCUT2D eigenvalue weighted by molar-refractivity contribution is 9.10. The molecule has 0 aliphatic heterocycles. The van der Waals surface area contributed by atoms with Crippen LogP contribution in [0.4, 0.5) is 4.39 Å². The van der Waals surface area contributed by atoms with Gasteiger partial charge < -0.3 is 9.84 Å². The Morgan fingerprint density at radius 3 is 2.94 bits per heavy atom. The second kappa shape index (κ2) is 5.84. The van der Waals surface area contributed by atoms with Crippen molar-refractivity contribution in [3.63, 3.8) is 0 Å². The van der Waals surface area contributed by atoms with E-state index in [4.69, 9.17) is 9.84 Å². The number of hydrogen-bond donors (Lipinski definition) is 1. The quantitative estimate of drug-likeness (QED) is 0.906. The van der Waals surface area contributed by atoms with Gasteiger partial charge in [0, 0.05) is 12.5 Å². The van der Waals surface area contributed by atoms with Crippen LogP contribution in [0.15, 0.2) is 22.7 Å². The highest BCUT2D eigenvalue weighted by Crippen LogP contribution is 2.27. The van der Waals surface area contributed by atoms with Gasteiger partial charge >= 0.3 is 5.97 Å². The van der Waals surface area contributed by atoms with Crippen LogP contribution in [0.5, 0.6) is 5.75 Å². The molecule has 1 atom stereocenters. The third kappa shape index (κ3) is 4.18. The van der Waals surface area contributed by atoms with E-state index in [0.717, 1.165) is 0 Å². The number of benzene rings is 1. The predicted octanol–water partition coefficient (Wildman–Crippen LogP) is 3.22. The van der Waals surface area contributed by atoms with E-state index in [2.05, 4.69) is 15.9 Å². The van der Waals surface area contributed by atoms with Gasteiger partial charge in [0.2, 0.25) is 0 Å². The van der Waals surface area contributed by atoms with Crippen LogP contribution in [0.2, 0.25) is 0 Å². The van der Waals surface area contributed by atoms with Crippen molar-refractivity contribution in [2.24, 2.45) is 0 Å². The third-order valence-corrected chi connectivity index (χ3v) is 2.64. The van der Waals surface area contributed by atoms with Gasteiger partial charge in [0.1, 0.15) is 11.6 Å². The molecule has 1 aromatic rings. The molecule has 1 rings (SSSR count). The normalized spacial score (nSPS) is 12.2. The summed E-state index contributed by atoms with van der Waals surface area (Å²) in [4.78, 5) is 10.4. The molecule has 0 aliphatic rings. The first-order valence-corrected chi connectivity index (χ1v) is 5.62. The van der Waals surface area contributed by atoms with Gasteiger partial charge in [-0.3, -0.25) is 4.79 Å². The van der Waals surface area contributed by atoms with E-state index in [1.54, 1.807) is 13.0 Å². The average Bonchev–Trinajstić information content (AvgIpc) is 2.20. The number of carbonyl (C=O) groups is 1. The molecule has 0 saturated heterocycles. The largest absolute Gasteiger partial charge is 0.489 e. The van der Waals surface area contributed by atoms with Crippen molar-refractivity contribution in [2.45, 2.75) is 25.9 Å². The lowest BCUT2D eigenvalue weighted by molar-refractivity contribution is -0.137. The first-order chi connectivity index (χ1) is 7.49. The van der Waals surface area contributed by atoms with Crippen molar-refractivity contribution in [1.82, 2.24) is 0 Å². The lowest BCUT2D eigenvalue weighted by Crippen LogP contribution is -2.14. The van der Waals surface area contributed by atoms with Crippen LogP contribution in [0, 0.1) is 5.82 Å². The molecule has 0 saturated carbocycles. The van der Waals surface area contributed by atoms with Crippen molar-refractivity contribution in [3.05, 3.63) is 28.5 Å². The molecule has 16 heavy (non-hydrogen) atoms. The SMILES string of the molecule is CC(CCC(=O)O)Oc1cc(F)ccc1Br. The van der Waals surface area contributed by atoms with Crippen molar-refractivity contribution >= 4 is 21.9 Å². The van der Waals surface area contributed by atoms with Crippen molar-refractivity contribution in [3.8, 4) is 5.75 Å². The topological polar surface area (TPSA) is 46.5 Å². The van der Waals surface area contributed by atoms with Crippen LogP contribution < -0.4 is 4.74 Å². The highest BCUT2D eigenvalue weighted by atomic mass is 79.9. The van der Waals surface area contributed by atoms with Gasteiger partial charge in [-0.05, 0) is 41.4 Å². The smallest absolute Gasteiger partial charge is 0.303 e. The van der Waals surface area contributed by atoms with E-state index in [0.29, 0.717) is 16.6 Å². The monoisotopic (exact) mass is 290 g/mol. The molecule has 1 aromatic carbocycles. The molecule has 0 spiro atoms. The van der Waals surface area contributed by atoms with E-state index in [-0.39, 0.29) is 18.3 Å². The van der Waals surface area contributed by atoms with E-state index >= 15 is 0 Å². The minimum atomic E-state index is -0.867. The van der Waals surface area contributed by atoms with E-state index < -0.39 is 5.97 Å². The Morgan fingerprint density at radius 1 is 1.62 bits per heavy atom. The molecule has 1 unspecified atom stereocenters. The Balaban J connectivity index is 2.58. The molecule has 88 valence electrons. The Bertz CT molecular complexity index is 381. The summed E-state index contributed by atoms with van der Waals surface area (Å²) in [6.07, 6.45) is 0.154. The summed E-state index contributed by atoms with van der Waals surface area (Å²) in [5.41, 5.74) is 0. The molecule has 0 fully saturated rings. The van der Waals surface area contributed by atoms with Gasteiger partial charge in [-0.1, -0.05) is 0 Å². The van der Waals surface area contributed by atoms with Crippen LogP contribution in [0.25, 0.3) is 0 Å². The van der Waals surface area contributed by atoms with Gasteiger partial charge in [0.25, 0.3) is 0 Å². The lowest BCUT2D eigenvalue weighted by atomic mass is 10.2. The minimum Gasteiger partial charge on any atom is -0.489 e. The maximum atomic E-state index is 12.9. The second-order valence-electron chi connectivity index (χ2n) is 3.44. The van der Waals surface area contributed by atoms with Crippen molar-refractivity contribution < 1.29 is 19.0 Å². The molecule has 0 aromatic heterocycles. The molecule has 0 amide bonds. The predicted molar refractivity (Wildman–Crippen MR) is 61.1 cm³/mol. The number of hydrogen-bond acceptors (Lipinski definition) is 2. The Hall–Kier alpha value is -1.10. The van der Waals surface area contributed by atoms with Crippen LogP contribution in [-0.2, 0) is 4.79 Å². The number of halogens is 2. The zero-order valence-electron chi connectivity index (χ0n) is 8.74. The summed E-state index contributed by atoms with van der Waals surface area (Å²) in [5, 5.41) is 8.50. The molecule has 0 aliphatic carbocycles. The summed E-state index contributed by atoms with van der Waals surface area (Å²) in [7, 11) is 0. The summed E-state index contributed by atoms with van der Waals surface area (Å²) in [6, 6.07) is 4.13. The van der Waals surface area contributed by atoms with Gasteiger partial charge in [0.15, 0.2) is 0 Å². The summed E-state index contributed by atoms with van der Waals surface area (Å²) in [5.74, 6) is -0.865. The average molecular weight is 291 g/mol. The molecule has 3 nitrogen and oxygen atoms in total. The first-order valence-electron chi connectivity index (χ1n) is 4.82. The van der Waals surface area contributed by atoms with Crippen molar-refractivity contribution in [2.75, 3.05) is 0 Å². The van der Waals surface area contributed by atoms with Gasteiger partial charge in [-0.15, -0.1) is 0 Å². The Labute approximate surface area is 101 Å². The molecule has 1 N–H and O–H groups in total. The van der Waals surface area contributed by atoms with Crippen LogP contribution in [0.3, 0.4) is 0 Å². The molecule has 0 radical (unpaired) electrons. The van der Waals surface area contributed by atoms with E-state index in [9.17, 15) is 9.18 Å². The van der Waals surface area contributed by atoms with Gasteiger partial charge in [-0.25, -0.2) is 4.39 Å². The lowest BCUT2D eigenvalue weighted by Gasteiger charge is -2.14. The fraction of sp³-hybridized carbons (Fsp3) is 0.364. The number of carboxylic acid groups (broad SMARTS) is 1. The number of carboxylic acids is 1. The standard InChI is InChI=1S/C11H12BrFO3/c1-7(2-5-11(14)15)16-10-6-8(13)3-4-9(10)12/h3-4,6-7H,2,5H2,1H3,(H,14,15). The zero-order chi connectivity index (χ0) is 12.1. The number of rotatable bonds is 5. The first kappa shape index (κ1) is 13.0. The maximum absolute atomic E-state index is 12.9. The Kier molecular flexibility index (Phi) is 4.73. The fourth-order valence-electron chi connectivity index (χ4n) is 1.17. The molecule has 5 heteroatoms. The number of ether oxygens (including phenoxy) is 1. The van der Waals surface area contributed by atoms with Crippen LogP contribution in [-0.4, -0.2) is 17.2 Å². The summed E-state index contributed by atoms with van der Waals surface area (Å²) in [6.45, 7) is 1.75. The minimum absolute atomic E-state index is 0.0358. The summed E-state index contributed by atoms with van der Waals surface area (Å²) >= 11 is 3.23. The summed E-state index contributed by atoms with van der Waals surface area (Å²) < 4.78 is 19.0. The van der Waals surface area contributed by atoms with Crippen LogP contribution >= 0.6 is 15.9 Å². The van der Waals surface area contributed by atoms with Gasteiger partial charge in [0.05, 0.1) is 10.6 Å². The second-order valence-corrected chi connectivity index (χ2v) is 4.29. The molecule has 0 heterocycles. The third-order valence-electron chi connectivity index (χ3n) is 1.99. The zero-order valence-corrected chi connectivity index (χ0v) is 10.3. The maximum Gasteiger partial charge on any atom is 0.303 e. The Morgan fingerprint density at radius 2 is 2.31 bits per heavy atom. The molecule has 0 bridgehead atoms. The number of aliphatic carboxylic acids is 1. The fourth-order valence-corrected chi connectivity index (χ4v) is 1.51.